The van der Waals surface area contributed by atoms with Crippen molar-refractivity contribution >= 4 is 34.7 Å². The van der Waals surface area contributed by atoms with E-state index in [0.29, 0.717) is 0 Å². The number of amides is 1. The van der Waals surface area contributed by atoms with Gasteiger partial charge in [-0.15, -0.1) is 6.42 Å². The summed E-state index contributed by atoms with van der Waals surface area (Å²) in [6, 6.07) is 3.89. The fourth-order valence-electron chi connectivity index (χ4n) is 3.76. The number of nitrogens with one attached hydrogen (secondary N) is 1. The van der Waals surface area contributed by atoms with E-state index < -0.39 is 40.8 Å². The summed E-state index contributed by atoms with van der Waals surface area (Å²) in [7, 11) is 0. The lowest BCUT2D eigenvalue weighted by atomic mass is 9.82. The van der Waals surface area contributed by atoms with Crippen LogP contribution in [0.15, 0.2) is 35.6 Å². The summed E-state index contributed by atoms with van der Waals surface area (Å²) < 4.78 is 58.8. The van der Waals surface area contributed by atoms with Crippen LogP contribution in [0.5, 0.6) is 5.88 Å². The van der Waals surface area contributed by atoms with Crippen molar-refractivity contribution in [2.75, 3.05) is 13.2 Å². The molecule has 3 N–H and O–H groups in total. The molecule has 36 heavy (non-hydrogen) atoms. The fourth-order valence-corrected chi connectivity index (χ4v) is 4.99. The minimum atomic E-state index is -2.73. The summed E-state index contributed by atoms with van der Waals surface area (Å²) >= 11 is 0.909. The minimum Gasteiger partial charge on any atom is -0.463 e. The summed E-state index contributed by atoms with van der Waals surface area (Å²) in [5.41, 5.74) is 4.90. The number of ether oxygens (including phenoxy) is 1. The summed E-state index contributed by atoms with van der Waals surface area (Å²) in [4.78, 5) is 24.9. The molecule has 0 saturated heterocycles. The zero-order chi connectivity index (χ0) is 26.5. The summed E-state index contributed by atoms with van der Waals surface area (Å²) in [6.45, 7) is 2.26. The number of nitrogens with two attached hydrogens (primary N) is 1. The zero-order valence-electron chi connectivity index (χ0n) is 19.4. The fraction of sp³-hybridized carbons (Fsp3) is 0.333. The molecule has 12 heteroatoms. The third-order valence-corrected chi connectivity index (χ3v) is 6.39. The number of aliphatic imine (C=N–C) groups is 1. The Morgan fingerprint density at radius 3 is 2.75 bits per heavy atom. The summed E-state index contributed by atoms with van der Waals surface area (Å²) in [5, 5.41) is 2.18. The number of carbonyl (C=O) groups is 1. The second kappa shape index (κ2) is 11.0. The van der Waals surface area contributed by atoms with E-state index in [1.54, 1.807) is 6.92 Å². The van der Waals surface area contributed by atoms with Crippen LogP contribution in [0.3, 0.4) is 0 Å². The standard InChI is InChI=1S/C24H23F4N5O2S/c1-4-7-35-20-12-30-18(10-31-20)17(26)9-14-5-6-16(25)15(8-14)23(2)13-24(3,36-22(29)33-23)21(34)32-11-19(27)28/h1,5-6,8-10,12,19H,7,11,13H2,2-3H3,(H2,29,33)(H,32,34)/b17-9-/t23-,24-/m0/s1. The Labute approximate surface area is 209 Å². The Bertz CT molecular complexity index is 1230. The molecular formula is C24H23F4N5O2S. The van der Waals surface area contributed by atoms with Crippen LogP contribution in [0.2, 0.25) is 0 Å². The average molecular weight is 522 g/mol. The van der Waals surface area contributed by atoms with Crippen LogP contribution < -0.4 is 15.8 Å². The average Bonchev–Trinajstić information content (AvgIpc) is 2.81. The van der Waals surface area contributed by atoms with E-state index in [9.17, 15) is 22.4 Å². The van der Waals surface area contributed by atoms with E-state index in [4.69, 9.17) is 16.9 Å². The van der Waals surface area contributed by atoms with Crippen LogP contribution in [-0.4, -0.2) is 45.4 Å². The molecule has 1 aliphatic heterocycles. The third-order valence-electron chi connectivity index (χ3n) is 5.31. The molecule has 2 atom stereocenters. The number of aromatic nitrogens is 2. The molecule has 7 nitrogen and oxygen atoms in total. The lowest BCUT2D eigenvalue weighted by Crippen LogP contribution is -2.51. The highest BCUT2D eigenvalue weighted by molar-refractivity contribution is 8.15. The predicted molar refractivity (Wildman–Crippen MR) is 130 cm³/mol. The number of rotatable bonds is 8. The van der Waals surface area contributed by atoms with Crippen LogP contribution >= 0.6 is 11.8 Å². The molecular weight excluding hydrogens is 498 g/mol. The molecule has 190 valence electrons. The van der Waals surface area contributed by atoms with Gasteiger partial charge in [-0.2, -0.15) is 0 Å². The quantitative estimate of drug-likeness (QED) is 0.404. The first kappa shape index (κ1) is 27.0. The topological polar surface area (TPSA) is 102 Å². The van der Waals surface area contributed by atoms with Crippen molar-refractivity contribution in [1.29, 1.82) is 0 Å². The normalized spacial score (nSPS) is 22.1. The Morgan fingerprint density at radius 2 is 2.11 bits per heavy atom. The molecule has 0 spiro atoms. The van der Waals surface area contributed by atoms with Crippen molar-refractivity contribution in [1.82, 2.24) is 15.3 Å². The molecule has 0 unspecified atom stereocenters. The van der Waals surface area contributed by atoms with Crippen molar-refractivity contribution in [3.63, 3.8) is 0 Å². The number of amidine groups is 1. The van der Waals surface area contributed by atoms with Gasteiger partial charge in [0.2, 0.25) is 11.8 Å². The minimum absolute atomic E-state index is 0.00705. The van der Waals surface area contributed by atoms with Gasteiger partial charge in [-0.3, -0.25) is 9.79 Å². The summed E-state index contributed by atoms with van der Waals surface area (Å²) in [5.74, 6) is 0.340. The Balaban J connectivity index is 1.90. The van der Waals surface area contributed by atoms with Gasteiger partial charge in [-0.1, -0.05) is 23.7 Å². The van der Waals surface area contributed by atoms with Gasteiger partial charge in [-0.25, -0.2) is 27.5 Å². The Morgan fingerprint density at radius 1 is 1.36 bits per heavy atom. The van der Waals surface area contributed by atoms with E-state index in [1.165, 1.54) is 25.3 Å². The lowest BCUT2D eigenvalue weighted by molar-refractivity contribution is -0.124. The van der Waals surface area contributed by atoms with E-state index >= 15 is 0 Å². The molecule has 0 bridgehead atoms. The van der Waals surface area contributed by atoms with Gasteiger partial charge >= 0.3 is 0 Å². The largest absolute Gasteiger partial charge is 0.463 e. The number of carbonyl (C=O) groups excluding carboxylic acids is 1. The maximum Gasteiger partial charge on any atom is 0.255 e. The third kappa shape index (κ3) is 6.34. The van der Waals surface area contributed by atoms with Crippen LogP contribution in [0.4, 0.5) is 17.6 Å². The molecule has 3 rings (SSSR count). The Kier molecular flexibility index (Phi) is 8.24. The van der Waals surface area contributed by atoms with Crippen molar-refractivity contribution in [2.45, 2.75) is 37.0 Å². The van der Waals surface area contributed by atoms with Gasteiger partial charge < -0.3 is 15.8 Å². The van der Waals surface area contributed by atoms with Crippen LogP contribution in [0.1, 0.15) is 37.1 Å². The van der Waals surface area contributed by atoms with Gasteiger partial charge in [0, 0.05) is 12.0 Å². The number of hydrogen-bond donors (Lipinski definition) is 2. The number of alkyl halides is 2. The first-order valence-corrected chi connectivity index (χ1v) is 11.4. The van der Waals surface area contributed by atoms with Crippen molar-refractivity contribution in [3.8, 4) is 18.2 Å². The molecule has 0 aliphatic carbocycles. The van der Waals surface area contributed by atoms with E-state index in [-0.39, 0.29) is 40.9 Å². The molecule has 1 aromatic carbocycles. The van der Waals surface area contributed by atoms with Crippen LogP contribution in [0.25, 0.3) is 11.9 Å². The van der Waals surface area contributed by atoms with Gasteiger partial charge in [0.1, 0.15) is 16.3 Å². The molecule has 2 aromatic rings. The highest BCUT2D eigenvalue weighted by Crippen LogP contribution is 2.46. The molecule has 0 fully saturated rings. The number of halogens is 4. The maximum absolute atomic E-state index is 15.0. The van der Waals surface area contributed by atoms with E-state index in [1.807, 2.05) is 0 Å². The Hall–Kier alpha value is -3.59. The maximum atomic E-state index is 15.0. The van der Waals surface area contributed by atoms with Gasteiger partial charge in [-0.05, 0) is 37.6 Å². The van der Waals surface area contributed by atoms with Crippen LogP contribution in [0, 0.1) is 18.2 Å². The zero-order valence-corrected chi connectivity index (χ0v) is 20.2. The van der Waals surface area contributed by atoms with E-state index in [2.05, 4.69) is 26.2 Å². The van der Waals surface area contributed by atoms with Gasteiger partial charge in [0.05, 0.1) is 24.5 Å². The molecule has 1 aromatic heterocycles. The molecule has 1 aliphatic rings. The number of hydrogen-bond acceptors (Lipinski definition) is 7. The first-order valence-electron chi connectivity index (χ1n) is 10.6. The van der Waals surface area contributed by atoms with Gasteiger partial charge in [0.15, 0.2) is 17.6 Å². The van der Waals surface area contributed by atoms with Crippen molar-refractivity contribution < 1.29 is 27.1 Å². The summed E-state index contributed by atoms with van der Waals surface area (Å²) in [6.07, 6.45) is 5.85. The number of terminal acetylenes is 1. The highest BCUT2D eigenvalue weighted by Gasteiger charge is 2.47. The highest BCUT2D eigenvalue weighted by atomic mass is 32.2. The SMILES string of the molecule is C#CCOc1cnc(/C(F)=C/c2ccc(F)c([C@]3(C)C[C@@](C)(C(=O)NCC(F)F)SC(N)=N3)c2)cn1. The monoisotopic (exact) mass is 521 g/mol. The predicted octanol–water partition coefficient (Wildman–Crippen LogP) is 3.90. The van der Waals surface area contributed by atoms with Gasteiger partial charge in [0.25, 0.3) is 6.43 Å². The molecule has 1 amide bonds. The van der Waals surface area contributed by atoms with E-state index in [0.717, 1.165) is 30.1 Å². The lowest BCUT2D eigenvalue weighted by Gasteiger charge is -2.40. The number of benzene rings is 1. The number of nitrogens with zero attached hydrogens (tertiary/aromatic N) is 3. The van der Waals surface area contributed by atoms with Crippen molar-refractivity contribution in [2.24, 2.45) is 10.7 Å². The molecule has 0 saturated carbocycles. The number of thioether (sulfide) groups is 1. The second-order valence-electron chi connectivity index (χ2n) is 8.30. The van der Waals surface area contributed by atoms with Crippen molar-refractivity contribution in [3.05, 3.63) is 53.2 Å². The first-order chi connectivity index (χ1) is 17.0. The smallest absolute Gasteiger partial charge is 0.255 e. The molecule has 2 heterocycles. The molecule has 0 radical (unpaired) electrons. The second-order valence-corrected chi connectivity index (χ2v) is 9.82. The van der Waals surface area contributed by atoms with Crippen LogP contribution in [-0.2, 0) is 10.3 Å².